The van der Waals surface area contributed by atoms with Crippen LogP contribution in [0.25, 0.3) is 0 Å². The molecular weight excluding hydrogens is 252 g/mol. The Balaban J connectivity index is 2.32. The maximum atomic E-state index is 10.8. The number of carbonyl (C=O) groups is 1. The van der Waals surface area contributed by atoms with Gasteiger partial charge in [0.2, 0.25) is 0 Å². The fraction of sp³-hybridized carbons (Fsp3) is 0.562. The molecular formula is C16H24N2O2. The number of fused-ring (bicyclic) bond motifs is 1. The lowest BCUT2D eigenvalue weighted by Crippen LogP contribution is -2.26. The molecule has 0 saturated heterocycles. The molecule has 20 heavy (non-hydrogen) atoms. The number of anilines is 2. The van der Waals surface area contributed by atoms with Crippen LogP contribution in [0.4, 0.5) is 11.4 Å². The Kier molecular flexibility index (Phi) is 4.53. The summed E-state index contributed by atoms with van der Waals surface area (Å²) < 4.78 is 0. The first kappa shape index (κ1) is 14.7. The smallest absolute Gasteiger partial charge is 0.305 e. The molecule has 0 atom stereocenters. The van der Waals surface area contributed by atoms with Crippen molar-refractivity contribution in [1.29, 1.82) is 0 Å². The largest absolute Gasteiger partial charge is 0.481 e. The molecule has 0 amide bonds. The molecule has 1 heterocycles. The summed E-state index contributed by atoms with van der Waals surface area (Å²) in [6, 6.07) is 6.56. The summed E-state index contributed by atoms with van der Waals surface area (Å²) >= 11 is 0. The quantitative estimate of drug-likeness (QED) is 0.918. The van der Waals surface area contributed by atoms with Gasteiger partial charge in [-0.1, -0.05) is 19.9 Å². The minimum Gasteiger partial charge on any atom is -0.481 e. The number of hydrogen-bond donors (Lipinski definition) is 1. The molecule has 0 bridgehead atoms. The number of carboxylic acid groups (broad SMARTS) is 1. The molecule has 0 aliphatic carbocycles. The van der Waals surface area contributed by atoms with E-state index in [1.54, 1.807) is 0 Å². The molecule has 0 unspecified atom stereocenters. The van der Waals surface area contributed by atoms with Crippen molar-refractivity contribution in [2.24, 2.45) is 0 Å². The lowest BCUT2D eigenvalue weighted by Gasteiger charge is -2.26. The van der Waals surface area contributed by atoms with Gasteiger partial charge in [0.1, 0.15) is 0 Å². The van der Waals surface area contributed by atoms with Crippen LogP contribution in [0.3, 0.4) is 0 Å². The predicted octanol–water partition coefficient (Wildman–Crippen LogP) is 2.93. The number of carboxylic acids is 1. The molecule has 0 fully saturated rings. The number of hydrogen-bond acceptors (Lipinski definition) is 3. The number of benzene rings is 1. The molecule has 2 rings (SSSR count). The van der Waals surface area contributed by atoms with Gasteiger partial charge < -0.3 is 14.9 Å². The summed E-state index contributed by atoms with van der Waals surface area (Å²) in [5, 5.41) is 8.89. The molecule has 4 nitrogen and oxygen atoms in total. The highest BCUT2D eigenvalue weighted by Crippen LogP contribution is 2.34. The molecule has 110 valence electrons. The monoisotopic (exact) mass is 276 g/mol. The summed E-state index contributed by atoms with van der Waals surface area (Å²) in [5.41, 5.74) is 3.71. The van der Waals surface area contributed by atoms with Crippen LogP contribution in [0, 0.1) is 0 Å². The van der Waals surface area contributed by atoms with E-state index in [2.05, 4.69) is 48.9 Å². The van der Waals surface area contributed by atoms with E-state index in [-0.39, 0.29) is 6.42 Å². The zero-order chi connectivity index (χ0) is 14.7. The minimum absolute atomic E-state index is 0.190. The molecule has 0 spiro atoms. The Morgan fingerprint density at radius 3 is 2.70 bits per heavy atom. The molecule has 1 aromatic carbocycles. The van der Waals surface area contributed by atoms with Crippen molar-refractivity contribution in [3.8, 4) is 0 Å². The van der Waals surface area contributed by atoms with Gasteiger partial charge in [0.25, 0.3) is 0 Å². The highest BCUT2D eigenvalue weighted by Gasteiger charge is 2.19. The Morgan fingerprint density at radius 1 is 1.30 bits per heavy atom. The maximum Gasteiger partial charge on any atom is 0.305 e. The second-order valence-corrected chi connectivity index (χ2v) is 5.81. The Morgan fingerprint density at radius 2 is 2.05 bits per heavy atom. The normalized spacial score (nSPS) is 15.2. The van der Waals surface area contributed by atoms with Crippen molar-refractivity contribution in [2.75, 3.05) is 36.5 Å². The van der Waals surface area contributed by atoms with Gasteiger partial charge in [-0.2, -0.15) is 0 Å². The van der Waals surface area contributed by atoms with Crippen LogP contribution in [-0.4, -0.2) is 37.8 Å². The minimum atomic E-state index is -0.733. The summed E-state index contributed by atoms with van der Waals surface area (Å²) in [4.78, 5) is 15.3. The van der Waals surface area contributed by atoms with Gasteiger partial charge in [0.15, 0.2) is 0 Å². The Hall–Kier alpha value is -1.71. The first-order chi connectivity index (χ1) is 9.49. The Bertz CT molecular complexity index is 485. The van der Waals surface area contributed by atoms with Crippen molar-refractivity contribution < 1.29 is 9.90 Å². The molecule has 1 aliphatic heterocycles. The van der Waals surface area contributed by atoms with Gasteiger partial charge in [-0.3, -0.25) is 4.79 Å². The summed E-state index contributed by atoms with van der Waals surface area (Å²) in [7, 11) is 2.11. The third-order valence-corrected chi connectivity index (χ3v) is 3.94. The zero-order valence-electron chi connectivity index (χ0n) is 12.6. The Labute approximate surface area is 121 Å². The van der Waals surface area contributed by atoms with Crippen LogP contribution in [-0.2, 0) is 4.79 Å². The highest BCUT2D eigenvalue weighted by atomic mass is 16.4. The van der Waals surface area contributed by atoms with Gasteiger partial charge in [-0.25, -0.2) is 0 Å². The third kappa shape index (κ3) is 3.24. The van der Waals surface area contributed by atoms with E-state index in [1.165, 1.54) is 11.3 Å². The van der Waals surface area contributed by atoms with Gasteiger partial charge in [0.05, 0.1) is 17.8 Å². The van der Waals surface area contributed by atoms with E-state index in [9.17, 15) is 4.79 Å². The lowest BCUT2D eigenvalue weighted by molar-refractivity contribution is -0.136. The number of nitrogens with zero attached hydrogens (tertiary/aromatic N) is 2. The zero-order valence-corrected chi connectivity index (χ0v) is 12.6. The predicted molar refractivity (Wildman–Crippen MR) is 82.9 cm³/mol. The van der Waals surface area contributed by atoms with E-state index in [0.717, 1.165) is 25.2 Å². The SMILES string of the molecule is CC(C)c1ccc2c(c1)N(C)CCCN2CCC(=O)O. The standard InChI is InChI=1S/C16H24N2O2/c1-12(2)13-5-6-14-15(11-13)17(3)8-4-9-18(14)10-7-16(19)20/h5-6,11-12H,4,7-10H2,1-3H3,(H,19,20). The van der Waals surface area contributed by atoms with Crippen molar-refractivity contribution in [3.05, 3.63) is 23.8 Å². The molecule has 0 aromatic heterocycles. The molecule has 1 aliphatic rings. The average Bonchev–Trinajstić information content (AvgIpc) is 2.56. The topological polar surface area (TPSA) is 43.8 Å². The van der Waals surface area contributed by atoms with Crippen molar-refractivity contribution in [2.45, 2.75) is 32.6 Å². The van der Waals surface area contributed by atoms with Crippen LogP contribution in [0.2, 0.25) is 0 Å². The molecule has 0 saturated carbocycles. The number of aliphatic carboxylic acids is 1. The van der Waals surface area contributed by atoms with E-state index in [1.807, 2.05) is 0 Å². The fourth-order valence-corrected chi connectivity index (χ4v) is 2.68. The van der Waals surface area contributed by atoms with E-state index in [0.29, 0.717) is 12.5 Å². The highest BCUT2D eigenvalue weighted by molar-refractivity contribution is 5.74. The van der Waals surface area contributed by atoms with E-state index < -0.39 is 5.97 Å². The van der Waals surface area contributed by atoms with Gasteiger partial charge in [-0.15, -0.1) is 0 Å². The van der Waals surface area contributed by atoms with E-state index >= 15 is 0 Å². The summed E-state index contributed by atoms with van der Waals surface area (Å²) in [6.45, 7) is 6.90. The van der Waals surface area contributed by atoms with Gasteiger partial charge >= 0.3 is 5.97 Å². The molecule has 1 aromatic rings. The molecule has 1 N–H and O–H groups in total. The first-order valence-electron chi connectivity index (χ1n) is 7.31. The van der Waals surface area contributed by atoms with Crippen molar-refractivity contribution in [3.63, 3.8) is 0 Å². The van der Waals surface area contributed by atoms with Crippen LogP contribution in [0.5, 0.6) is 0 Å². The number of rotatable bonds is 4. The molecule has 4 heteroatoms. The first-order valence-corrected chi connectivity index (χ1v) is 7.31. The van der Waals surface area contributed by atoms with Crippen molar-refractivity contribution >= 4 is 17.3 Å². The second-order valence-electron chi connectivity index (χ2n) is 5.81. The van der Waals surface area contributed by atoms with Crippen LogP contribution in [0.1, 0.15) is 38.2 Å². The summed E-state index contributed by atoms with van der Waals surface area (Å²) in [6.07, 6.45) is 1.25. The van der Waals surface area contributed by atoms with Gasteiger partial charge in [-0.05, 0) is 30.0 Å². The average molecular weight is 276 g/mol. The molecule has 0 radical (unpaired) electrons. The van der Waals surface area contributed by atoms with Crippen LogP contribution >= 0.6 is 0 Å². The fourth-order valence-electron chi connectivity index (χ4n) is 2.68. The van der Waals surface area contributed by atoms with E-state index in [4.69, 9.17) is 5.11 Å². The van der Waals surface area contributed by atoms with Gasteiger partial charge in [0, 0.05) is 26.7 Å². The third-order valence-electron chi connectivity index (χ3n) is 3.94. The summed E-state index contributed by atoms with van der Waals surface area (Å²) in [5.74, 6) is -0.229. The van der Waals surface area contributed by atoms with Crippen LogP contribution < -0.4 is 9.80 Å². The maximum absolute atomic E-state index is 10.8. The van der Waals surface area contributed by atoms with Crippen LogP contribution in [0.15, 0.2) is 18.2 Å². The lowest BCUT2D eigenvalue weighted by atomic mass is 10.0. The van der Waals surface area contributed by atoms with Crippen molar-refractivity contribution in [1.82, 2.24) is 0 Å². The second kappa shape index (κ2) is 6.16.